The van der Waals surface area contributed by atoms with E-state index in [1.807, 2.05) is 4.90 Å². The number of likely N-dealkylation sites (tertiary alicyclic amines) is 1. The maximum Gasteiger partial charge on any atom is 0.234 e. The summed E-state index contributed by atoms with van der Waals surface area (Å²) in [6.07, 6.45) is 5.44. The quantitative estimate of drug-likeness (QED) is 0.765. The molecule has 1 saturated carbocycles. The monoisotopic (exact) mass is 240 g/mol. The Balaban J connectivity index is 1.73. The van der Waals surface area contributed by atoms with Crippen LogP contribution in [0.1, 0.15) is 39.0 Å². The highest BCUT2D eigenvalue weighted by Gasteiger charge is 2.25. The van der Waals surface area contributed by atoms with Gasteiger partial charge in [0, 0.05) is 19.1 Å². The highest BCUT2D eigenvalue weighted by Crippen LogP contribution is 2.23. The summed E-state index contributed by atoms with van der Waals surface area (Å²) >= 11 is 0. The number of carbonyl (C=O) groups is 1. The summed E-state index contributed by atoms with van der Waals surface area (Å²) in [7, 11) is 0. The number of β-amino-alcohol motifs (C(OH)–C–C–N with tert-alkyl or cyclic N) is 1. The van der Waals surface area contributed by atoms with Gasteiger partial charge in [0.2, 0.25) is 5.91 Å². The minimum atomic E-state index is -0.239. The largest absolute Gasteiger partial charge is 0.392 e. The Morgan fingerprint density at radius 3 is 2.76 bits per heavy atom. The molecule has 17 heavy (non-hydrogen) atoms. The molecule has 1 amide bonds. The third kappa shape index (κ3) is 3.68. The molecule has 2 fully saturated rings. The first kappa shape index (κ1) is 12.8. The third-order valence-electron chi connectivity index (χ3n) is 4.07. The first-order valence-corrected chi connectivity index (χ1v) is 6.85. The summed E-state index contributed by atoms with van der Waals surface area (Å²) in [6, 6.07) is 0.365. The molecule has 98 valence electrons. The Morgan fingerprint density at radius 1 is 1.35 bits per heavy atom. The highest BCUT2D eigenvalue weighted by atomic mass is 16.3. The van der Waals surface area contributed by atoms with E-state index in [0.29, 0.717) is 25.0 Å². The van der Waals surface area contributed by atoms with Gasteiger partial charge in [0.1, 0.15) is 0 Å². The molecule has 4 heteroatoms. The van der Waals surface area contributed by atoms with Gasteiger partial charge in [-0.15, -0.1) is 0 Å². The van der Waals surface area contributed by atoms with Crippen molar-refractivity contribution in [2.24, 2.45) is 5.92 Å². The lowest BCUT2D eigenvalue weighted by Gasteiger charge is -2.30. The van der Waals surface area contributed by atoms with Gasteiger partial charge in [-0.05, 0) is 25.2 Å². The number of carbonyl (C=O) groups excluding carboxylic acids is 1. The molecule has 2 rings (SSSR count). The molecule has 0 spiro atoms. The zero-order valence-electron chi connectivity index (χ0n) is 10.7. The maximum absolute atomic E-state index is 11.9. The molecule has 0 bridgehead atoms. The van der Waals surface area contributed by atoms with Gasteiger partial charge in [0.15, 0.2) is 0 Å². The molecule has 0 aromatic rings. The lowest BCUT2D eigenvalue weighted by molar-refractivity contribution is -0.123. The van der Waals surface area contributed by atoms with Gasteiger partial charge in [-0.3, -0.25) is 9.69 Å². The number of rotatable bonds is 3. The van der Waals surface area contributed by atoms with Crippen LogP contribution in [0.2, 0.25) is 0 Å². The number of nitrogens with zero attached hydrogens (tertiary/aromatic N) is 1. The Bertz CT molecular complexity index is 270. The van der Waals surface area contributed by atoms with Crippen molar-refractivity contribution in [2.75, 3.05) is 19.6 Å². The van der Waals surface area contributed by atoms with Gasteiger partial charge >= 0.3 is 0 Å². The minimum absolute atomic E-state index is 0.123. The molecule has 4 nitrogen and oxygen atoms in total. The van der Waals surface area contributed by atoms with Crippen molar-refractivity contribution in [3.05, 3.63) is 0 Å². The Morgan fingerprint density at radius 2 is 2.12 bits per heavy atom. The molecule has 0 aromatic carbocycles. The fourth-order valence-electron chi connectivity index (χ4n) is 2.94. The second kappa shape index (κ2) is 5.83. The van der Waals surface area contributed by atoms with Crippen LogP contribution in [0, 0.1) is 5.92 Å². The van der Waals surface area contributed by atoms with E-state index in [-0.39, 0.29) is 12.0 Å². The first-order valence-electron chi connectivity index (χ1n) is 6.85. The van der Waals surface area contributed by atoms with E-state index in [4.69, 9.17) is 0 Å². The molecule has 1 heterocycles. The molecular formula is C13H24N2O2. The number of hydrogen-bond donors (Lipinski definition) is 2. The summed E-state index contributed by atoms with van der Waals surface area (Å²) in [5.41, 5.74) is 0. The summed E-state index contributed by atoms with van der Waals surface area (Å²) in [4.78, 5) is 13.9. The Kier molecular flexibility index (Phi) is 4.40. The highest BCUT2D eigenvalue weighted by molar-refractivity contribution is 5.78. The number of aliphatic hydroxyl groups excluding tert-OH is 1. The van der Waals surface area contributed by atoms with E-state index in [2.05, 4.69) is 12.2 Å². The van der Waals surface area contributed by atoms with Crippen LogP contribution in [0.15, 0.2) is 0 Å². The van der Waals surface area contributed by atoms with E-state index in [1.54, 1.807) is 0 Å². The average molecular weight is 240 g/mol. The fourth-order valence-corrected chi connectivity index (χ4v) is 2.94. The van der Waals surface area contributed by atoms with Crippen LogP contribution in [0.4, 0.5) is 0 Å². The lowest BCUT2D eigenvalue weighted by atomic mass is 9.86. The molecule has 2 unspecified atom stereocenters. The summed E-state index contributed by atoms with van der Waals surface area (Å²) in [5, 5.41) is 12.6. The van der Waals surface area contributed by atoms with Gasteiger partial charge in [-0.1, -0.05) is 19.8 Å². The molecule has 0 aromatic heterocycles. The van der Waals surface area contributed by atoms with Crippen molar-refractivity contribution in [2.45, 2.75) is 51.2 Å². The Hall–Kier alpha value is -0.610. The molecule has 2 aliphatic rings. The second-order valence-electron chi connectivity index (χ2n) is 5.61. The van der Waals surface area contributed by atoms with Crippen molar-refractivity contribution in [1.82, 2.24) is 10.2 Å². The predicted octanol–water partition coefficient (Wildman–Crippen LogP) is 0.748. The Labute approximate surface area is 103 Å². The smallest absolute Gasteiger partial charge is 0.234 e. The van der Waals surface area contributed by atoms with Gasteiger partial charge in [-0.2, -0.15) is 0 Å². The molecule has 0 radical (unpaired) electrons. The van der Waals surface area contributed by atoms with Crippen molar-refractivity contribution < 1.29 is 9.90 Å². The van der Waals surface area contributed by atoms with Crippen LogP contribution >= 0.6 is 0 Å². The normalized spacial score (nSPS) is 34.8. The molecule has 1 aliphatic carbocycles. The number of hydrogen-bond acceptors (Lipinski definition) is 3. The summed E-state index contributed by atoms with van der Waals surface area (Å²) < 4.78 is 0. The van der Waals surface area contributed by atoms with Gasteiger partial charge < -0.3 is 10.4 Å². The van der Waals surface area contributed by atoms with E-state index < -0.39 is 0 Å². The molecule has 3 atom stereocenters. The van der Waals surface area contributed by atoms with Gasteiger partial charge in [0.25, 0.3) is 0 Å². The van der Waals surface area contributed by atoms with Crippen molar-refractivity contribution >= 4 is 5.91 Å². The lowest BCUT2D eigenvalue weighted by Crippen LogP contribution is -2.45. The number of nitrogens with one attached hydrogen (secondary N) is 1. The zero-order valence-corrected chi connectivity index (χ0v) is 10.7. The third-order valence-corrected chi connectivity index (χ3v) is 4.07. The van der Waals surface area contributed by atoms with Crippen LogP contribution in [-0.2, 0) is 4.79 Å². The molecule has 2 N–H and O–H groups in total. The average Bonchev–Trinajstić information content (AvgIpc) is 2.67. The summed E-state index contributed by atoms with van der Waals surface area (Å²) in [5.74, 6) is 0.731. The van der Waals surface area contributed by atoms with Crippen LogP contribution in [0.3, 0.4) is 0 Å². The van der Waals surface area contributed by atoms with Crippen LogP contribution < -0.4 is 5.32 Å². The van der Waals surface area contributed by atoms with E-state index in [0.717, 1.165) is 19.4 Å². The van der Waals surface area contributed by atoms with Crippen LogP contribution in [0.5, 0.6) is 0 Å². The van der Waals surface area contributed by atoms with Gasteiger partial charge in [-0.25, -0.2) is 0 Å². The zero-order chi connectivity index (χ0) is 12.3. The number of aliphatic hydroxyl groups is 1. The SMILES string of the molecule is CC1CCCCC1NC(=O)CN1CC[C@H](O)C1. The van der Waals surface area contributed by atoms with Crippen LogP contribution in [-0.4, -0.2) is 47.7 Å². The van der Waals surface area contributed by atoms with Gasteiger partial charge in [0.05, 0.1) is 12.6 Å². The molecular weight excluding hydrogens is 216 g/mol. The predicted molar refractivity (Wildman–Crippen MR) is 66.6 cm³/mol. The first-order chi connectivity index (χ1) is 8.15. The topological polar surface area (TPSA) is 52.6 Å². The number of amides is 1. The maximum atomic E-state index is 11.9. The second-order valence-corrected chi connectivity index (χ2v) is 5.61. The fraction of sp³-hybridized carbons (Fsp3) is 0.923. The van der Waals surface area contributed by atoms with Crippen molar-refractivity contribution in [3.8, 4) is 0 Å². The standard InChI is InChI=1S/C13H24N2O2/c1-10-4-2-3-5-12(10)14-13(17)9-15-7-6-11(16)8-15/h10-12,16H,2-9H2,1H3,(H,14,17)/t10?,11-,12?/m0/s1. The van der Waals surface area contributed by atoms with E-state index in [1.165, 1.54) is 19.3 Å². The minimum Gasteiger partial charge on any atom is -0.392 e. The van der Waals surface area contributed by atoms with E-state index >= 15 is 0 Å². The van der Waals surface area contributed by atoms with E-state index in [9.17, 15) is 9.90 Å². The van der Waals surface area contributed by atoms with Crippen molar-refractivity contribution in [1.29, 1.82) is 0 Å². The molecule has 1 saturated heterocycles. The van der Waals surface area contributed by atoms with Crippen molar-refractivity contribution in [3.63, 3.8) is 0 Å². The molecule has 1 aliphatic heterocycles. The summed E-state index contributed by atoms with van der Waals surface area (Å²) in [6.45, 7) is 4.16. The van der Waals surface area contributed by atoms with Crippen LogP contribution in [0.25, 0.3) is 0 Å².